The Morgan fingerprint density at radius 3 is 2.38 bits per heavy atom. The van der Waals surface area contributed by atoms with E-state index in [2.05, 4.69) is 21.2 Å². The summed E-state index contributed by atoms with van der Waals surface area (Å²) in [6.45, 7) is 1.86. The standard InChI is InChI=1S/C15H12BrNO4/c1-8-4-10(6-11(16)5-8)14(19)17-12-3-2-9(15(20)21)7-13(12)18/h2-7,18H,1H3,(H,17,19)(H,20,21). The molecule has 0 aliphatic heterocycles. The lowest BCUT2D eigenvalue weighted by Crippen LogP contribution is -2.12. The van der Waals surface area contributed by atoms with Crippen molar-refractivity contribution < 1.29 is 19.8 Å². The molecule has 0 spiro atoms. The lowest BCUT2D eigenvalue weighted by atomic mass is 10.1. The molecule has 2 aromatic rings. The van der Waals surface area contributed by atoms with Crippen LogP contribution in [0.15, 0.2) is 40.9 Å². The van der Waals surface area contributed by atoms with E-state index in [0.29, 0.717) is 5.56 Å². The molecular formula is C15H12BrNO4. The molecule has 0 radical (unpaired) electrons. The van der Waals surface area contributed by atoms with Gasteiger partial charge in [0.25, 0.3) is 5.91 Å². The molecule has 5 nitrogen and oxygen atoms in total. The Kier molecular flexibility index (Phi) is 4.28. The molecule has 2 aromatic carbocycles. The van der Waals surface area contributed by atoms with Gasteiger partial charge in [-0.25, -0.2) is 4.79 Å². The van der Waals surface area contributed by atoms with Gasteiger partial charge in [0.1, 0.15) is 5.75 Å². The maximum Gasteiger partial charge on any atom is 0.335 e. The van der Waals surface area contributed by atoms with Gasteiger partial charge in [0.15, 0.2) is 0 Å². The molecule has 0 atom stereocenters. The maximum atomic E-state index is 12.1. The molecule has 0 saturated carbocycles. The monoisotopic (exact) mass is 349 g/mol. The van der Waals surface area contributed by atoms with Gasteiger partial charge in [-0.05, 0) is 48.9 Å². The molecule has 2 rings (SSSR count). The summed E-state index contributed by atoms with van der Waals surface area (Å²) in [6, 6.07) is 8.99. The van der Waals surface area contributed by atoms with Crippen molar-refractivity contribution in [3.63, 3.8) is 0 Å². The molecule has 0 heterocycles. The van der Waals surface area contributed by atoms with E-state index in [1.54, 1.807) is 12.1 Å². The Morgan fingerprint density at radius 1 is 1.10 bits per heavy atom. The van der Waals surface area contributed by atoms with Crippen LogP contribution in [0.25, 0.3) is 0 Å². The first-order valence-electron chi connectivity index (χ1n) is 6.01. The number of carbonyl (C=O) groups excluding carboxylic acids is 1. The smallest absolute Gasteiger partial charge is 0.335 e. The van der Waals surface area contributed by atoms with E-state index in [9.17, 15) is 14.7 Å². The van der Waals surface area contributed by atoms with Crippen LogP contribution in [0, 0.1) is 6.92 Å². The fraction of sp³-hybridized carbons (Fsp3) is 0.0667. The van der Waals surface area contributed by atoms with Gasteiger partial charge in [0.05, 0.1) is 11.3 Å². The lowest BCUT2D eigenvalue weighted by molar-refractivity contribution is 0.0696. The van der Waals surface area contributed by atoms with Crippen molar-refractivity contribution in [1.82, 2.24) is 0 Å². The zero-order valence-corrected chi connectivity index (χ0v) is 12.6. The highest BCUT2D eigenvalue weighted by atomic mass is 79.9. The van der Waals surface area contributed by atoms with Gasteiger partial charge < -0.3 is 15.5 Å². The number of aromatic hydroxyl groups is 1. The SMILES string of the molecule is Cc1cc(Br)cc(C(=O)Nc2ccc(C(=O)O)cc2O)c1. The number of aryl methyl sites for hydroxylation is 1. The summed E-state index contributed by atoms with van der Waals surface area (Å²) in [6.07, 6.45) is 0. The second-order valence-corrected chi connectivity index (χ2v) is 5.42. The van der Waals surface area contributed by atoms with Gasteiger partial charge in [-0.3, -0.25) is 4.79 Å². The van der Waals surface area contributed by atoms with Crippen LogP contribution in [0.1, 0.15) is 26.3 Å². The van der Waals surface area contributed by atoms with Crippen molar-refractivity contribution in [2.24, 2.45) is 0 Å². The van der Waals surface area contributed by atoms with E-state index < -0.39 is 11.9 Å². The van der Waals surface area contributed by atoms with Crippen LogP contribution in [-0.2, 0) is 0 Å². The highest BCUT2D eigenvalue weighted by molar-refractivity contribution is 9.10. The number of carboxylic acid groups (broad SMARTS) is 1. The first-order chi connectivity index (χ1) is 9.86. The maximum absolute atomic E-state index is 12.1. The largest absolute Gasteiger partial charge is 0.506 e. The molecule has 1 amide bonds. The van der Waals surface area contributed by atoms with Crippen molar-refractivity contribution in [3.8, 4) is 5.75 Å². The summed E-state index contributed by atoms with van der Waals surface area (Å²) in [5, 5.41) is 21.1. The van der Waals surface area contributed by atoms with Crippen LogP contribution in [0.4, 0.5) is 5.69 Å². The number of benzene rings is 2. The number of carboxylic acids is 1. The van der Waals surface area contributed by atoms with Crippen molar-refractivity contribution in [1.29, 1.82) is 0 Å². The average molecular weight is 350 g/mol. The third kappa shape index (κ3) is 3.61. The Morgan fingerprint density at radius 2 is 1.81 bits per heavy atom. The van der Waals surface area contributed by atoms with E-state index in [4.69, 9.17) is 5.11 Å². The number of aromatic carboxylic acids is 1. The molecule has 3 N–H and O–H groups in total. The van der Waals surface area contributed by atoms with Gasteiger partial charge >= 0.3 is 5.97 Å². The van der Waals surface area contributed by atoms with Crippen LogP contribution in [0.2, 0.25) is 0 Å². The number of nitrogens with one attached hydrogen (secondary N) is 1. The van der Waals surface area contributed by atoms with E-state index in [-0.39, 0.29) is 17.0 Å². The number of amides is 1. The minimum atomic E-state index is -1.15. The molecule has 0 aliphatic carbocycles. The van der Waals surface area contributed by atoms with Crippen LogP contribution in [0.5, 0.6) is 5.75 Å². The van der Waals surface area contributed by atoms with Crippen molar-refractivity contribution in [2.75, 3.05) is 5.32 Å². The predicted octanol–water partition coefficient (Wildman–Crippen LogP) is 3.41. The Bertz CT molecular complexity index is 707. The Hall–Kier alpha value is -2.34. The molecule has 0 bridgehead atoms. The van der Waals surface area contributed by atoms with Crippen LogP contribution >= 0.6 is 15.9 Å². The van der Waals surface area contributed by atoms with Crippen molar-refractivity contribution >= 4 is 33.5 Å². The fourth-order valence-electron chi connectivity index (χ4n) is 1.83. The van der Waals surface area contributed by atoms with Gasteiger partial charge in [0, 0.05) is 10.0 Å². The van der Waals surface area contributed by atoms with Crippen molar-refractivity contribution in [3.05, 3.63) is 57.6 Å². The summed E-state index contributed by atoms with van der Waals surface area (Å²) in [5.74, 6) is -1.83. The number of halogens is 1. The molecule has 0 aromatic heterocycles. The molecule has 21 heavy (non-hydrogen) atoms. The number of anilines is 1. The zero-order chi connectivity index (χ0) is 15.6. The number of phenolic OH excluding ortho intramolecular Hbond substituents is 1. The number of hydrogen-bond acceptors (Lipinski definition) is 3. The summed E-state index contributed by atoms with van der Waals surface area (Å²) in [5.41, 5.74) is 1.45. The molecule has 0 fully saturated rings. The fourth-order valence-corrected chi connectivity index (χ4v) is 2.44. The molecule has 6 heteroatoms. The number of rotatable bonds is 3. The quantitative estimate of drug-likeness (QED) is 0.741. The predicted molar refractivity (Wildman–Crippen MR) is 81.9 cm³/mol. The van der Waals surface area contributed by atoms with E-state index in [1.807, 2.05) is 13.0 Å². The van der Waals surface area contributed by atoms with Gasteiger partial charge in [-0.15, -0.1) is 0 Å². The first-order valence-corrected chi connectivity index (χ1v) is 6.81. The second kappa shape index (κ2) is 5.97. The van der Waals surface area contributed by atoms with Gasteiger partial charge in [-0.1, -0.05) is 15.9 Å². The first kappa shape index (κ1) is 15.1. The highest BCUT2D eigenvalue weighted by Crippen LogP contribution is 2.25. The number of hydrogen-bond donors (Lipinski definition) is 3. The lowest BCUT2D eigenvalue weighted by Gasteiger charge is -2.09. The van der Waals surface area contributed by atoms with E-state index in [1.165, 1.54) is 12.1 Å². The van der Waals surface area contributed by atoms with Crippen LogP contribution in [-0.4, -0.2) is 22.1 Å². The molecular weight excluding hydrogens is 338 g/mol. The molecule has 108 valence electrons. The molecule has 0 aliphatic rings. The zero-order valence-electron chi connectivity index (χ0n) is 11.1. The summed E-state index contributed by atoms with van der Waals surface area (Å²) < 4.78 is 0.776. The van der Waals surface area contributed by atoms with Gasteiger partial charge in [0.2, 0.25) is 0 Å². The second-order valence-electron chi connectivity index (χ2n) is 4.51. The average Bonchev–Trinajstić information content (AvgIpc) is 2.39. The Labute approximate surface area is 129 Å². The molecule has 0 saturated heterocycles. The summed E-state index contributed by atoms with van der Waals surface area (Å²) in [4.78, 5) is 22.9. The minimum absolute atomic E-state index is 0.0520. The minimum Gasteiger partial charge on any atom is -0.506 e. The topological polar surface area (TPSA) is 86.6 Å². The molecule has 0 unspecified atom stereocenters. The third-order valence-corrected chi connectivity index (χ3v) is 3.26. The normalized spacial score (nSPS) is 10.2. The summed E-state index contributed by atoms with van der Waals surface area (Å²) >= 11 is 3.31. The van der Waals surface area contributed by atoms with Gasteiger partial charge in [-0.2, -0.15) is 0 Å². The van der Waals surface area contributed by atoms with Crippen molar-refractivity contribution in [2.45, 2.75) is 6.92 Å². The van der Waals surface area contributed by atoms with E-state index >= 15 is 0 Å². The number of carbonyl (C=O) groups is 2. The van der Waals surface area contributed by atoms with Crippen LogP contribution < -0.4 is 5.32 Å². The number of phenols is 1. The highest BCUT2D eigenvalue weighted by Gasteiger charge is 2.12. The summed E-state index contributed by atoms with van der Waals surface area (Å²) in [7, 11) is 0. The van der Waals surface area contributed by atoms with Crippen LogP contribution in [0.3, 0.4) is 0 Å². The Balaban J connectivity index is 2.25. The third-order valence-electron chi connectivity index (χ3n) is 2.80. The van der Waals surface area contributed by atoms with E-state index in [0.717, 1.165) is 16.1 Å².